The van der Waals surface area contributed by atoms with Gasteiger partial charge in [0.25, 0.3) is 0 Å². The molecule has 0 heterocycles. The summed E-state index contributed by atoms with van der Waals surface area (Å²) in [6.45, 7) is 3.74. The van der Waals surface area contributed by atoms with E-state index in [9.17, 15) is 0 Å². The maximum atomic E-state index is 3.74. The fourth-order valence-corrected chi connectivity index (χ4v) is 1.57. The van der Waals surface area contributed by atoms with Crippen molar-refractivity contribution < 1.29 is 0 Å². The topological polar surface area (TPSA) is 0 Å². The maximum Gasteiger partial charge on any atom is -0.0197 e. The molecule has 2 saturated carbocycles. The van der Waals surface area contributed by atoms with Gasteiger partial charge in [-0.25, -0.2) is 0 Å². The van der Waals surface area contributed by atoms with E-state index in [1.165, 1.54) is 25.7 Å². The molecule has 0 aromatic heterocycles. The second-order valence-corrected chi connectivity index (χ2v) is 3.45. The largest absolute Gasteiger partial charge is 0.0991 e. The number of allylic oxidation sites excluding steroid dienone is 3. The molecule has 0 atom stereocenters. The lowest BCUT2D eigenvalue weighted by Crippen LogP contribution is -1.86. The zero-order valence-electron chi connectivity index (χ0n) is 6.34. The lowest BCUT2D eigenvalue weighted by molar-refractivity contribution is 0.857. The van der Waals surface area contributed by atoms with Gasteiger partial charge in [-0.2, -0.15) is 0 Å². The molecule has 2 aliphatic carbocycles. The Hall–Kier alpha value is -0.520. The van der Waals surface area contributed by atoms with Crippen LogP contribution in [-0.2, 0) is 0 Å². The van der Waals surface area contributed by atoms with E-state index in [1.54, 1.807) is 5.57 Å². The van der Waals surface area contributed by atoms with Crippen molar-refractivity contribution in [1.82, 2.24) is 0 Å². The molecule has 0 aromatic rings. The Morgan fingerprint density at radius 2 is 1.60 bits per heavy atom. The zero-order chi connectivity index (χ0) is 6.97. The molecule has 54 valence electrons. The van der Waals surface area contributed by atoms with Crippen LogP contribution in [0.5, 0.6) is 0 Å². The molecule has 0 radical (unpaired) electrons. The Morgan fingerprint density at radius 3 is 1.90 bits per heavy atom. The van der Waals surface area contributed by atoms with E-state index >= 15 is 0 Å². The van der Waals surface area contributed by atoms with Gasteiger partial charge in [0.1, 0.15) is 0 Å². The molecular weight excluding hydrogens is 120 g/mol. The fraction of sp³-hybridized carbons (Fsp3) is 0.600. The van der Waals surface area contributed by atoms with Crippen LogP contribution in [0.4, 0.5) is 0 Å². The summed E-state index contributed by atoms with van der Waals surface area (Å²) in [4.78, 5) is 0. The van der Waals surface area contributed by atoms with Gasteiger partial charge in [-0.05, 0) is 37.5 Å². The molecule has 0 unspecified atom stereocenters. The monoisotopic (exact) mass is 134 g/mol. The van der Waals surface area contributed by atoms with Crippen LogP contribution in [0.1, 0.15) is 25.7 Å². The molecule has 0 saturated heterocycles. The standard InChI is InChI=1S/C10H14/c1-2-3-10(8-4-5-8)9-6-7-9/h2-3,8-9H,1,4-7H2. The highest BCUT2D eigenvalue weighted by molar-refractivity contribution is 5.23. The van der Waals surface area contributed by atoms with Crippen molar-refractivity contribution in [2.24, 2.45) is 11.8 Å². The van der Waals surface area contributed by atoms with Crippen LogP contribution in [0.2, 0.25) is 0 Å². The molecule has 2 fully saturated rings. The molecule has 0 N–H and O–H groups in total. The highest BCUT2D eigenvalue weighted by Gasteiger charge is 2.35. The molecule has 10 heavy (non-hydrogen) atoms. The average molecular weight is 134 g/mol. The molecule has 0 nitrogen and oxygen atoms in total. The lowest BCUT2D eigenvalue weighted by Gasteiger charge is -1.99. The minimum absolute atomic E-state index is 0.963. The summed E-state index contributed by atoms with van der Waals surface area (Å²) >= 11 is 0. The minimum atomic E-state index is 0.963. The van der Waals surface area contributed by atoms with Gasteiger partial charge >= 0.3 is 0 Å². The van der Waals surface area contributed by atoms with E-state index in [0.717, 1.165) is 11.8 Å². The lowest BCUT2D eigenvalue weighted by atomic mass is 10.1. The van der Waals surface area contributed by atoms with Gasteiger partial charge in [0.2, 0.25) is 0 Å². The smallest absolute Gasteiger partial charge is 0.0197 e. The molecule has 0 heteroatoms. The first kappa shape index (κ1) is 6.21. The molecule has 0 spiro atoms. The molecular formula is C10H14. The van der Waals surface area contributed by atoms with Crippen LogP contribution in [0.3, 0.4) is 0 Å². The average Bonchev–Trinajstić information content (AvgIpc) is 2.77. The summed E-state index contributed by atoms with van der Waals surface area (Å²) in [5.74, 6) is 1.93. The predicted molar refractivity (Wildman–Crippen MR) is 43.7 cm³/mol. The van der Waals surface area contributed by atoms with Crippen LogP contribution in [0, 0.1) is 11.8 Å². The summed E-state index contributed by atoms with van der Waals surface area (Å²) in [7, 11) is 0. The molecule has 2 rings (SSSR count). The van der Waals surface area contributed by atoms with Crippen LogP contribution >= 0.6 is 0 Å². The first-order valence-corrected chi connectivity index (χ1v) is 4.24. The number of rotatable bonds is 3. The van der Waals surface area contributed by atoms with Gasteiger partial charge in [-0.1, -0.05) is 24.3 Å². The van der Waals surface area contributed by atoms with Crippen molar-refractivity contribution in [3.63, 3.8) is 0 Å². The molecule has 0 amide bonds. The predicted octanol–water partition coefficient (Wildman–Crippen LogP) is 2.92. The van der Waals surface area contributed by atoms with Gasteiger partial charge in [-0.3, -0.25) is 0 Å². The van der Waals surface area contributed by atoms with Crippen LogP contribution < -0.4 is 0 Å². The summed E-state index contributed by atoms with van der Waals surface area (Å²) in [6, 6.07) is 0. The summed E-state index contributed by atoms with van der Waals surface area (Å²) in [6.07, 6.45) is 9.96. The molecule has 0 bridgehead atoms. The SMILES string of the molecule is C=CC=C(C1CC1)C1CC1. The third kappa shape index (κ3) is 1.16. The quantitative estimate of drug-likeness (QED) is 0.520. The molecule has 0 aliphatic heterocycles. The van der Waals surface area contributed by atoms with Gasteiger partial charge in [0.15, 0.2) is 0 Å². The number of hydrogen-bond acceptors (Lipinski definition) is 0. The Balaban J connectivity index is 2.04. The first-order valence-electron chi connectivity index (χ1n) is 4.24. The van der Waals surface area contributed by atoms with Crippen LogP contribution in [0.25, 0.3) is 0 Å². The van der Waals surface area contributed by atoms with Gasteiger partial charge in [0.05, 0.1) is 0 Å². The second kappa shape index (κ2) is 2.26. The van der Waals surface area contributed by atoms with Crippen molar-refractivity contribution in [2.75, 3.05) is 0 Å². The van der Waals surface area contributed by atoms with E-state index in [0.29, 0.717) is 0 Å². The number of hydrogen-bond donors (Lipinski definition) is 0. The van der Waals surface area contributed by atoms with Gasteiger partial charge < -0.3 is 0 Å². The van der Waals surface area contributed by atoms with Crippen molar-refractivity contribution in [3.05, 3.63) is 24.3 Å². The summed E-state index contributed by atoms with van der Waals surface area (Å²) < 4.78 is 0. The third-order valence-corrected chi connectivity index (χ3v) is 2.41. The molecule has 2 aliphatic rings. The van der Waals surface area contributed by atoms with Gasteiger partial charge in [-0.15, -0.1) is 0 Å². The summed E-state index contributed by atoms with van der Waals surface area (Å²) in [5.41, 5.74) is 1.70. The highest BCUT2D eigenvalue weighted by Crippen LogP contribution is 2.48. The van der Waals surface area contributed by atoms with Crippen molar-refractivity contribution >= 4 is 0 Å². The van der Waals surface area contributed by atoms with E-state index in [-0.39, 0.29) is 0 Å². The van der Waals surface area contributed by atoms with Crippen molar-refractivity contribution in [3.8, 4) is 0 Å². The fourth-order valence-electron chi connectivity index (χ4n) is 1.57. The van der Waals surface area contributed by atoms with E-state index in [2.05, 4.69) is 12.7 Å². The van der Waals surface area contributed by atoms with Gasteiger partial charge in [0, 0.05) is 0 Å². The Labute approximate surface area is 62.6 Å². The van der Waals surface area contributed by atoms with E-state index in [1.807, 2.05) is 6.08 Å². The van der Waals surface area contributed by atoms with Crippen molar-refractivity contribution in [2.45, 2.75) is 25.7 Å². The van der Waals surface area contributed by atoms with E-state index in [4.69, 9.17) is 0 Å². The highest BCUT2D eigenvalue weighted by atomic mass is 14.4. The zero-order valence-corrected chi connectivity index (χ0v) is 6.34. The maximum absolute atomic E-state index is 3.74. The third-order valence-electron chi connectivity index (χ3n) is 2.41. The van der Waals surface area contributed by atoms with E-state index < -0.39 is 0 Å². The van der Waals surface area contributed by atoms with Crippen LogP contribution in [0.15, 0.2) is 24.3 Å². The normalized spacial score (nSPS) is 24.0. The van der Waals surface area contributed by atoms with Crippen molar-refractivity contribution in [1.29, 1.82) is 0 Å². The minimum Gasteiger partial charge on any atom is -0.0991 e. The summed E-state index contributed by atoms with van der Waals surface area (Å²) in [5, 5.41) is 0. The van der Waals surface area contributed by atoms with Crippen LogP contribution in [-0.4, -0.2) is 0 Å². The Morgan fingerprint density at radius 1 is 1.10 bits per heavy atom. The second-order valence-electron chi connectivity index (χ2n) is 3.45. The molecule has 0 aromatic carbocycles. The Kier molecular flexibility index (Phi) is 1.40. The first-order chi connectivity index (χ1) is 4.92. The Bertz CT molecular complexity index is 154.